The molecule has 0 aliphatic rings. The van der Waals surface area contributed by atoms with E-state index < -0.39 is 23.7 Å². The van der Waals surface area contributed by atoms with Crippen LogP contribution in [0.1, 0.15) is 32.0 Å². The summed E-state index contributed by atoms with van der Waals surface area (Å²) in [6, 6.07) is 7.29. The summed E-state index contributed by atoms with van der Waals surface area (Å²) in [6.45, 7) is -0.0212. The van der Waals surface area contributed by atoms with Gasteiger partial charge in [0.05, 0.1) is 23.1 Å². The van der Waals surface area contributed by atoms with Gasteiger partial charge in [-0.3, -0.25) is 4.79 Å². The van der Waals surface area contributed by atoms with Gasteiger partial charge in [0, 0.05) is 18.4 Å². The molecule has 3 rings (SSSR count). The molecule has 3 aromatic rings. The average Bonchev–Trinajstić information content (AvgIpc) is 3.35. The summed E-state index contributed by atoms with van der Waals surface area (Å²) < 4.78 is 38.0. The van der Waals surface area contributed by atoms with Crippen molar-refractivity contribution in [2.45, 2.75) is 18.8 Å². The number of carbonyl (C=O) groups is 1. The maximum absolute atomic E-state index is 12.7. The lowest BCUT2D eigenvalue weighted by molar-refractivity contribution is -0.137. The largest absolute Gasteiger partial charge is 0.416 e. The predicted octanol–water partition coefficient (Wildman–Crippen LogP) is 3.08. The van der Waals surface area contributed by atoms with Gasteiger partial charge < -0.3 is 21.1 Å². The molecule has 0 bridgehead atoms. The van der Waals surface area contributed by atoms with Crippen molar-refractivity contribution in [1.82, 2.24) is 15.3 Å². The monoisotopic (exact) mass is 410 g/mol. The number of nitrogens with zero attached hydrogens (tertiary/aromatic N) is 1. The van der Waals surface area contributed by atoms with Gasteiger partial charge in [0.2, 0.25) is 0 Å². The zero-order valence-electron chi connectivity index (χ0n) is 14.5. The number of rotatable bonds is 6. The molecule has 6 nitrogen and oxygen atoms in total. The summed E-state index contributed by atoms with van der Waals surface area (Å²) in [4.78, 5) is 20.2. The van der Waals surface area contributed by atoms with Crippen molar-refractivity contribution in [3.8, 4) is 11.3 Å². The zero-order valence-corrected chi connectivity index (χ0v) is 15.3. The number of thiazole rings is 1. The number of halogens is 3. The van der Waals surface area contributed by atoms with Crippen LogP contribution in [0.15, 0.2) is 42.6 Å². The fourth-order valence-corrected chi connectivity index (χ4v) is 3.39. The zero-order chi connectivity index (χ0) is 20.3. The molecule has 0 fully saturated rings. The number of benzene rings is 1. The third kappa shape index (κ3) is 4.41. The minimum atomic E-state index is -4.40. The van der Waals surface area contributed by atoms with Crippen molar-refractivity contribution in [2.24, 2.45) is 5.73 Å². The Morgan fingerprint density at radius 2 is 1.96 bits per heavy atom. The molecule has 0 aliphatic carbocycles. The van der Waals surface area contributed by atoms with Gasteiger partial charge in [-0.15, -0.1) is 11.3 Å². The van der Waals surface area contributed by atoms with Crippen molar-refractivity contribution in [3.05, 3.63) is 63.7 Å². The SMILES string of the molecule is NC[C@@H](NC(=O)c1ccc(-c2ccc(C(F)(F)F)cc2)[nH]1)c1ncc(CO)s1. The average molecular weight is 410 g/mol. The number of aliphatic hydroxyl groups excluding tert-OH is 1. The first-order valence-electron chi connectivity index (χ1n) is 8.25. The van der Waals surface area contributed by atoms with E-state index in [2.05, 4.69) is 15.3 Å². The highest BCUT2D eigenvalue weighted by molar-refractivity contribution is 7.11. The van der Waals surface area contributed by atoms with Crippen LogP contribution in [0.4, 0.5) is 13.2 Å². The van der Waals surface area contributed by atoms with E-state index in [4.69, 9.17) is 10.8 Å². The summed E-state index contributed by atoms with van der Waals surface area (Å²) in [7, 11) is 0. The predicted molar refractivity (Wildman–Crippen MR) is 98.5 cm³/mol. The number of nitrogens with one attached hydrogen (secondary N) is 2. The van der Waals surface area contributed by atoms with E-state index in [0.29, 0.717) is 21.1 Å². The van der Waals surface area contributed by atoms with Crippen LogP contribution >= 0.6 is 11.3 Å². The van der Waals surface area contributed by atoms with E-state index in [1.807, 2.05) is 0 Å². The number of hydrogen-bond acceptors (Lipinski definition) is 5. The van der Waals surface area contributed by atoms with Gasteiger partial charge in [-0.2, -0.15) is 13.2 Å². The molecule has 10 heteroatoms. The van der Waals surface area contributed by atoms with Gasteiger partial charge in [0.1, 0.15) is 10.7 Å². The van der Waals surface area contributed by atoms with Crippen LogP contribution < -0.4 is 11.1 Å². The van der Waals surface area contributed by atoms with Crippen LogP contribution in [0.5, 0.6) is 0 Å². The van der Waals surface area contributed by atoms with E-state index in [1.165, 1.54) is 35.7 Å². The second-order valence-corrected chi connectivity index (χ2v) is 7.09. The first kappa shape index (κ1) is 20.1. The molecule has 1 amide bonds. The molecule has 0 radical (unpaired) electrons. The number of aliphatic hydroxyl groups is 1. The molecule has 1 aromatic carbocycles. The maximum Gasteiger partial charge on any atom is 0.416 e. The molecule has 2 aromatic heterocycles. The van der Waals surface area contributed by atoms with Crippen molar-refractivity contribution in [2.75, 3.05) is 6.54 Å². The third-order valence-corrected chi connectivity index (χ3v) is 5.12. The van der Waals surface area contributed by atoms with Crippen molar-refractivity contribution >= 4 is 17.2 Å². The number of amides is 1. The van der Waals surface area contributed by atoms with Crippen LogP contribution in [-0.2, 0) is 12.8 Å². The van der Waals surface area contributed by atoms with Gasteiger partial charge in [0.15, 0.2) is 0 Å². The van der Waals surface area contributed by atoms with E-state index in [-0.39, 0.29) is 18.8 Å². The second-order valence-electron chi connectivity index (χ2n) is 5.95. The third-order valence-electron chi connectivity index (χ3n) is 4.02. The quantitative estimate of drug-likeness (QED) is 0.501. The Kier molecular flexibility index (Phi) is 5.82. The standard InChI is InChI=1S/C18H17F3N4O2S/c19-18(20,21)11-3-1-10(2-4-11)13-5-6-14(24-13)16(27)25-15(7-22)17-23-8-12(9-26)28-17/h1-6,8,15,24,26H,7,9,22H2,(H,25,27)/t15-/m1/s1. The fraction of sp³-hybridized carbons (Fsp3) is 0.222. The highest BCUT2D eigenvalue weighted by Gasteiger charge is 2.30. The second kappa shape index (κ2) is 8.13. The van der Waals surface area contributed by atoms with Crippen LogP contribution in [0.3, 0.4) is 0 Å². The maximum atomic E-state index is 12.7. The lowest BCUT2D eigenvalue weighted by Gasteiger charge is -2.13. The Hall–Kier alpha value is -2.69. The minimum Gasteiger partial charge on any atom is -0.391 e. The summed E-state index contributed by atoms with van der Waals surface area (Å²) >= 11 is 1.25. The molecular weight excluding hydrogens is 393 g/mol. The lowest BCUT2D eigenvalue weighted by Crippen LogP contribution is -2.33. The Morgan fingerprint density at radius 1 is 1.25 bits per heavy atom. The van der Waals surface area contributed by atoms with Crippen LogP contribution in [0.2, 0.25) is 0 Å². The Balaban J connectivity index is 1.72. The first-order chi connectivity index (χ1) is 13.3. The summed E-state index contributed by atoms with van der Waals surface area (Å²) in [5.74, 6) is -0.422. The molecule has 0 aliphatic heterocycles. The molecule has 28 heavy (non-hydrogen) atoms. The van der Waals surface area contributed by atoms with Crippen LogP contribution in [0.25, 0.3) is 11.3 Å². The van der Waals surface area contributed by atoms with E-state index >= 15 is 0 Å². The fourth-order valence-electron chi connectivity index (χ4n) is 2.55. The van der Waals surface area contributed by atoms with Crippen molar-refractivity contribution in [3.63, 3.8) is 0 Å². The highest BCUT2D eigenvalue weighted by Crippen LogP contribution is 2.30. The Labute approximate surface area is 162 Å². The highest BCUT2D eigenvalue weighted by atomic mass is 32.1. The molecule has 1 atom stereocenters. The van der Waals surface area contributed by atoms with Gasteiger partial charge >= 0.3 is 6.18 Å². The van der Waals surface area contributed by atoms with E-state index in [9.17, 15) is 18.0 Å². The molecule has 2 heterocycles. The molecule has 0 saturated heterocycles. The number of nitrogens with two attached hydrogens (primary N) is 1. The first-order valence-corrected chi connectivity index (χ1v) is 9.06. The smallest absolute Gasteiger partial charge is 0.391 e. The van der Waals surface area contributed by atoms with E-state index in [1.54, 1.807) is 6.07 Å². The van der Waals surface area contributed by atoms with Gasteiger partial charge in [-0.1, -0.05) is 12.1 Å². The van der Waals surface area contributed by atoms with Crippen molar-refractivity contribution in [1.29, 1.82) is 0 Å². The molecule has 0 saturated carbocycles. The number of H-pyrrole nitrogens is 1. The number of alkyl halides is 3. The van der Waals surface area contributed by atoms with E-state index in [0.717, 1.165) is 12.1 Å². The number of hydrogen-bond donors (Lipinski definition) is 4. The molecule has 148 valence electrons. The van der Waals surface area contributed by atoms with Crippen LogP contribution in [0, 0.1) is 0 Å². The van der Waals surface area contributed by atoms with Crippen LogP contribution in [-0.4, -0.2) is 27.5 Å². The number of carbonyl (C=O) groups excluding carboxylic acids is 1. The molecule has 0 spiro atoms. The molecule has 5 N–H and O–H groups in total. The number of aromatic nitrogens is 2. The number of aromatic amines is 1. The van der Waals surface area contributed by atoms with Crippen molar-refractivity contribution < 1.29 is 23.1 Å². The normalized spacial score (nSPS) is 12.8. The summed E-state index contributed by atoms with van der Waals surface area (Å²) in [6.07, 6.45) is -2.88. The summed E-state index contributed by atoms with van der Waals surface area (Å²) in [5, 5.41) is 12.5. The van der Waals surface area contributed by atoms with Gasteiger partial charge in [-0.25, -0.2) is 4.98 Å². The Bertz CT molecular complexity index is 950. The van der Waals surface area contributed by atoms with Gasteiger partial charge in [-0.05, 0) is 29.8 Å². The summed E-state index contributed by atoms with van der Waals surface area (Å²) in [5.41, 5.74) is 6.26. The molecular formula is C18H17F3N4O2S. The minimum absolute atomic E-state index is 0.122. The Morgan fingerprint density at radius 3 is 2.54 bits per heavy atom. The topological polar surface area (TPSA) is 104 Å². The van der Waals surface area contributed by atoms with Gasteiger partial charge in [0.25, 0.3) is 5.91 Å². The lowest BCUT2D eigenvalue weighted by atomic mass is 10.1. The molecule has 0 unspecified atom stereocenters.